The lowest BCUT2D eigenvalue weighted by molar-refractivity contribution is 0.0714. The lowest BCUT2D eigenvalue weighted by Gasteiger charge is -2.25. The average Bonchev–Trinajstić information content (AvgIpc) is 3.48. The van der Waals surface area contributed by atoms with Crippen molar-refractivity contribution in [1.29, 1.82) is 0 Å². The molecule has 1 aromatic heterocycles. The molecule has 1 atom stereocenters. The molecule has 2 aliphatic rings. The molecule has 0 spiro atoms. The summed E-state index contributed by atoms with van der Waals surface area (Å²) in [7, 11) is 0. The summed E-state index contributed by atoms with van der Waals surface area (Å²) >= 11 is 0. The maximum atomic E-state index is 14.0. The van der Waals surface area contributed by atoms with Crippen LogP contribution in [0.5, 0.6) is 17.2 Å². The molecule has 3 aromatic carbocycles. The zero-order valence-electron chi connectivity index (χ0n) is 20.2. The third-order valence-corrected chi connectivity index (χ3v) is 6.66. The molecule has 37 heavy (non-hydrogen) atoms. The van der Waals surface area contributed by atoms with E-state index < -0.39 is 23.2 Å². The van der Waals surface area contributed by atoms with E-state index in [0.29, 0.717) is 29.4 Å². The van der Waals surface area contributed by atoms with E-state index in [1.807, 2.05) is 36.4 Å². The quantitative estimate of drug-likeness (QED) is 0.308. The van der Waals surface area contributed by atoms with E-state index >= 15 is 0 Å². The van der Waals surface area contributed by atoms with E-state index in [4.69, 9.17) is 18.6 Å². The van der Waals surface area contributed by atoms with Crippen LogP contribution in [0, 0.1) is 5.82 Å². The van der Waals surface area contributed by atoms with Crippen molar-refractivity contribution in [3.8, 4) is 17.2 Å². The third-order valence-electron chi connectivity index (χ3n) is 6.66. The Kier molecular flexibility index (Phi) is 5.79. The van der Waals surface area contributed by atoms with Gasteiger partial charge in [0.15, 0.2) is 16.9 Å². The lowest BCUT2D eigenvalue weighted by Crippen LogP contribution is -2.29. The van der Waals surface area contributed by atoms with Gasteiger partial charge in [0.2, 0.25) is 12.6 Å². The van der Waals surface area contributed by atoms with Gasteiger partial charge in [0.25, 0.3) is 5.91 Å². The van der Waals surface area contributed by atoms with Gasteiger partial charge in [-0.25, -0.2) is 4.39 Å². The van der Waals surface area contributed by atoms with Gasteiger partial charge in [-0.1, -0.05) is 31.5 Å². The summed E-state index contributed by atoms with van der Waals surface area (Å²) in [5.41, 5.74) is 1.42. The Morgan fingerprint density at radius 1 is 1.03 bits per heavy atom. The van der Waals surface area contributed by atoms with Gasteiger partial charge in [0.1, 0.15) is 17.1 Å². The molecule has 188 valence electrons. The summed E-state index contributed by atoms with van der Waals surface area (Å²) in [5, 5.41) is 0.0943. The zero-order chi connectivity index (χ0) is 25.5. The Morgan fingerprint density at radius 3 is 2.76 bits per heavy atom. The number of nitrogens with zero attached hydrogens (tertiary/aromatic N) is 1. The molecule has 4 aromatic rings. The Hall–Kier alpha value is -4.33. The Morgan fingerprint density at radius 2 is 1.89 bits per heavy atom. The lowest BCUT2D eigenvalue weighted by atomic mass is 9.98. The van der Waals surface area contributed by atoms with E-state index in [9.17, 15) is 14.0 Å². The monoisotopic (exact) mass is 501 g/mol. The van der Waals surface area contributed by atoms with E-state index in [2.05, 4.69) is 6.92 Å². The topological polar surface area (TPSA) is 78.2 Å². The van der Waals surface area contributed by atoms with Crippen molar-refractivity contribution >= 4 is 16.9 Å². The van der Waals surface area contributed by atoms with Crippen molar-refractivity contribution in [1.82, 2.24) is 4.90 Å². The third kappa shape index (κ3) is 4.08. The summed E-state index contributed by atoms with van der Waals surface area (Å²) in [5.74, 6) is 0.874. The molecular weight excluding hydrogens is 477 g/mol. The van der Waals surface area contributed by atoms with Crippen molar-refractivity contribution in [2.24, 2.45) is 0 Å². The normalized spacial score (nSPS) is 15.9. The summed E-state index contributed by atoms with van der Waals surface area (Å²) in [6, 6.07) is 15.8. The molecular formula is C29H24FNO6. The van der Waals surface area contributed by atoms with Gasteiger partial charge >= 0.3 is 0 Å². The highest BCUT2D eigenvalue weighted by molar-refractivity contribution is 5.99. The molecule has 6 rings (SSSR count). The molecule has 2 aliphatic heterocycles. The van der Waals surface area contributed by atoms with E-state index in [0.717, 1.165) is 24.5 Å². The van der Waals surface area contributed by atoms with Gasteiger partial charge in [-0.15, -0.1) is 0 Å². The second-order valence-corrected chi connectivity index (χ2v) is 9.11. The van der Waals surface area contributed by atoms with Crippen LogP contribution in [-0.4, -0.2) is 24.2 Å². The fourth-order valence-electron chi connectivity index (χ4n) is 4.85. The predicted molar refractivity (Wildman–Crippen MR) is 134 cm³/mol. The zero-order valence-corrected chi connectivity index (χ0v) is 20.2. The molecule has 1 unspecified atom stereocenters. The van der Waals surface area contributed by atoms with E-state index in [1.54, 1.807) is 11.0 Å². The highest BCUT2D eigenvalue weighted by Crippen LogP contribution is 2.41. The van der Waals surface area contributed by atoms with Crippen LogP contribution in [0.4, 0.5) is 4.39 Å². The molecule has 0 aliphatic carbocycles. The minimum atomic E-state index is -0.744. The number of benzene rings is 3. The van der Waals surface area contributed by atoms with Crippen molar-refractivity contribution in [2.75, 3.05) is 13.4 Å². The number of hydrogen-bond acceptors (Lipinski definition) is 6. The van der Waals surface area contributed by atoms with Crippen LogP contribution >= 0.6 is 0 Å². The summed E-state index contributed by atoms with van der Waals surface area (Å²) in [4.78, 5) is 29.0. The van der Waals surface area contributed by atoms with Crippen molar-refractivity contribution in [3.63, 3.8) is 0 Å². The molecule has 0 saturated carbocycles. The largest absolute Gasteiger partial charge is 0.494 e. The number of amides is 1. The first-order valence-corrected chi connectivity index (χ1v) is 12.2. The van der Waals surface area contributed by atoms with Crippen molar-refractivity contribution in [2.45, 2.75) is 32.4 Å². The maximum absolute atomic E-state index is 14.0. The molecule has 0 radical (unpaired) electrons. The molecule has 0 fully saturated rings. The highest BCUT2D eigenvalue weighted by Gasteiger charge is 2.43. The first kappa shape index (κ1) is 23.1. The molecule has 7 nitrogen and oxygen atoms in total. The minimum Gasteiger partial charge on any atom is -0.494 e. The molecule has 1 amide bonds. The molecule has 0 N–H and O–H groups in total. The van der Waals surface area contributed by atoms with Gasteiger partial charge in [-0.3, -0.25) is 9.59 Å². The Labute approximate surface area is 212 Å². The van der Waals surface area contributed by atoms with Gasteiger partial charge in [-0.2, -0.15) is 0 Å². The number of carbonyl (C=O) groups excluding carboxylic acids is 1. The summed E-state index contributed by atoms with van der Waals surface area (Å²) < 4.78 is 36.8. The first-order chi connectivity index (χ1) is 18.0. The van der Waals surface area contributed by atoms with E-state index in [1.165, 1.54) is 12.1 Å². The van der Waals surface area contributed by atoms with Gasteiger partial charge in [-0.05, 0) is 60.0 Å². The number of hydrogen-bond donors (Lipinski definition) is 0. The Balaban J connectivity index is 1.47. The predicted octanol–water partition coefficient (Wildman–Crippen LogP) is 5.59. The smallest absolute Gasteiger partial charge is 0.291 e. The maximum Gasteiger partial charge on any atom is 0.291 e. The van der Waals surface area contributed by atoms with Gasteiger partial charge in [0, 0.05) is 6.54 Å². The molecule has 8 heteroatoms. The minimum absolute atomic E-state index is 0.0350. The molecule has 3 heterocycles. The van der Waals surface area contributed by atoms with Gasteiger partial charge in [0.05, 0.1) is 23.6 Å². The van der Waals surface area contributed by atoms with Crippen LogP contribution in [0.25, 0.3) is 11.0 Å². The van der Waals surface area contributed by atoms with Crippen molar-refractivity contribution in [3.05, 3.63) is 99.2 Å². The fourth-order valence-corrected chi connectivity index (χ4v) is 4.85. The average molecular weight is 502 g/mol. The number of halogens is 1. The summed E-state index contributed by atoms with van der Waals surface area (Å²) in [6.07, 6.45) is 1.91. The number of rotatable bonds is 7. The number of fused-ring (bicyclic) bond motifs is 3. The van der Waals surface area contributed by atoms with Crippen LogP contribution in [0.1, 0.15) is 53.1 Å². The van der Waals surface area contributed by atoms with Crippen LogP contribution < -0.4 is 19.6 Å². The van der Waals surface area contributed by atoms with Crippen LogP contribution in [0.2, 0.25) is 0 Å². The number of unbranched alkanes of at least 4 members (excludes halogenated alkanes) is 1. The van der Waals surface area contributed by atoms with Gasteiger partial charge < -0.3 is 23.5 Å². The second kappa shape index (κ2) is 9.28. The SMILES string of the molecule is CCCCOc1cccc(C2c3c(oc4ccc(F)cc4c3=O)C(=O)N2Cc2ccc3c(c2)OCO3)c1. The molecule has 0 bridgehead atoms. The Bertz CT molecular complexity index is 1580. The van der Waals surface area contributed by atoms with Crippen molar-refractivity contribution < 1.29 is 27.8 Å². The number of ether oxygens (including phenoxy) is 3. The van der Waals surface area contributed by atoms with Crippen LogP contribution in [-0.2, 0) is 6.54 Å². The highest BCUT2D eigenvalue weighted by atomic mass is 19.1. The van der Waals surface area contributed by atoms with Crippen LogP contribution in [0.15, 0.2) is 69.9 Å². The summed E-state index contributed by atoms with van der Waals surface area (Å²) in [6.45, 7) is 2.98. The fraction of sp³-hybridized carbons (Fsp3) is 0.241. The van der Waals surface area contributed by atoms with E-state index in [-0.39, 0.29) is 35.6 Å². The van der Waals surface area contributed by atoms with Crippen LogP contribution in [0.3, 0.4) is 0 Å². The number of carbonyl (C=O) groups is 1. The molecule has 0 saturated heterocycles. The standard InChI is InChI=1S/C29H24FNO6/c1-2-3-11-34-20-6-4-5-18(13-20)26-25-27(32)21-14-19(30)8-10-22(21)37-28(25)29(33)31(26)15-17-7-9-23-24(12-17)36-16-35-23/h4-10,12-14,26H,2-3,11,15-16H2,1H3. The second-order valence-electron chi connectivity index (χ2n) is 9.11. The first-order valence-electron chi connectivity index (χ1n) is 12.2.